The molecule has 1 aliphatic heterocycles. The molecule has 1 N–H and O–H groups in total. The highest BCUT2D eigenvalue weighted by atomic mass is 32.1. The summed E-state index contributed by atoms with van der Waals surface area (Å²) in [5.41, 5.74) is 1.63. The van der Waals surface area contributed by atoms with Crippen LogP contribution in [0.5, 0.6) is 0 Å². The molecule has 6 nitrogen and oxygen atoms in total. The van der Waals surface area contributed by atoms with E-state index in [1.54, 1.807) is 23.1 Å². The fourth-order valence-corrected chi connectivity index (χ4v) is 4.29. The number of nitrogens with zero attached hydrogens (tertiary/aromatic N) is 3. The van der Waals surface area contributed by atoms with Gasteiger partial charge in [-0.25, -0.2) is 13.8 Å². The van der Waals surface area contributed by atoms with Gasteiger partial charge in [0.05, 0.1) is 11.4 Å². The molecule has 32 heavy (non-hydrogen) atoms. The largest absolute Gasteiger partial charge is 0.366 e. The molecule has 166 valence electrons. The molecule has 0 aliphatic carbocycles. The van der Waals surface area contributed by atoms with Crippen molar-refractivity contribution in [1.29, 1.82) is 0 Å². The number of carbonyl (C=O) groups excluding carboxylic acids is 2. The van der Waals surface area contributed by atoms with Gasteiger partial charge in [0.25, 0.3) is 5.91 Å². The number of thiazole rings is 1. The van der Waals surface area contributed by atoms with Crippen LogP contribution >= 0.6 is 11.3 Å². The Kier molecular flexibility index (Phi) is 6.75. The van der Waals surface area contributed by atoms with E-state index in [-0.39, 0.29) is 17.6 Å². The molecule has 0 bridgehead atoms. The van der Waals surface area contributed by atoms with Crippen LogP contribution < -0.4 is 10.2 Å². The lowest BCUT2D eigenvalue weighted by Gasteiger charge is -2.36. The summed E-state index contributed by atoms with van der Waals surface area (Å²) in [6, 6.07) is 11.9. The second-order valence-electron chi connectivity index (χ2n) is 7.42. The SMILES string of the molecule is O=C(Nc1nc(CCC(=O)N2CCN(c3ccccc3F)CC2)cs1)c1ccc(F)cc1. The average molecular weight is 457 g/mol. The van der Waals surface area contributed by atoms with Crippen molar-refractivity contribution in [3.63, 3.8) is 0 Å². The summed E-state index contributed by atoms with van der Waals surface area (Å²) in [5.74, 6) is -0.993. The fourth-order valence-electron chi connectivity index (χ4n) is 3.55. The van der Waals surface area contributed by atoms with Crippen LogP contribution in [-0.2, 0) is 11.2 Å². The maximum atomic E-state index is 14.0. The van der Waals surface area contributed by atoms with Crippen molar-refractivity contribution < 1.29 is 18.4 Å². The van der Waals surface area contributed by atoms with Crippen molar-refractivity contribution in [1.82, 2.24) is 9.88 Å². The van der Waals surface area contributed by atoms with Gasteiger partial charge in [-0.2, -0.15) is 0 Å². The first-order valence-corrected chi connectivity index (χ1v) is 11.2. The van der Waals surface area contributed by atoms with E-state index in [9.17, 15) is 18.4 Å². The molecule has 0 saturated carbocycles. The van der Waals surface area contributed by atoms with Crippen LogP contribution in [-0.4, -0.2) is 47.9 Å². The Morgan fingerprint density at radius 3 is 2.44 bits per heavy atom. The predicted octanol–water partition coefficient (Wildman–Crippen LogP) is 3.96. The lowest BCUT2D eigenvalue weighted by Crippen LogP contribution is -2.49. The second kappa shape index (κ2) is 9.86. The van der Waals surface area contributed by atoms with E-state index in [0.29, 0.717) is 55.4 Å². The lowest BCUT2D eigenvalue weighted by atomic mass is 10.2. The zero-order valence-electron chi connectivity index (χ0n) is 17.3. The Morgan fingerprint density at radius 1 is 1.00 bits per heavy atom. The smallest absolute Gasteiger partial charge is 0.257 e. The summed E-state index contributed by atoms with van der Waals surface area (Å²) in [5, 5.41) is 4.93. The molecule has 1 aliphatic rings. The number of anilines is 2. The third-order valence-corrected chi connectivity index (χ3v) is 6.11. The van der Waals surface area contributed by atoms with Crippen molar-refractivity contribution in [2.24, 2.45) is 0 Å². The lowest BCUT2D eigenvalue weighted by molar-refractivity contribution is -0.131. The summed E-state index contributed by atoms with van der Waals surface area (Å²) in [4.78, 5) is 32.9. The summed E-state index contributed by atoms with van der Waals surface area (Å²) in [6.07, 6.45) is 0.782. The minimum absolute atomic E-state index is 0.0306. The number of halogens is 2. The maximum Gasteiger partial charge on any atom is 0.257 e. The van der Waals surface area contributed by atoms with Gasteiger partial charge in [-0.15, -0.1) is 11.3 Å². The molecule has 1 aromatic heterocycles. The van der Waals surface area contributed by atoms with Gasteiger partial charge in [0.1, 0.15) is 11.6 Å². The number of aryl methyl sites for hydroxylation is 1. The molecule has 0 atom stereocenters. The zero-order valence-corrected chi connectivity index (χ0v) is 18.1. The summed E-state index contributed by atoms with van der Waals surface area (Å²) in [7, 11) is 0. The highest BCUT2D eigenvalue weighted by Crippen LogP contribution is 2.21. The Balaban J connectivity index is 1.24. The maximum absolute atomic E-state index is 14.0. The standard InChI is InChI=1S/C23H22F2N4O2S/c24-17-7-5-16(6-8-17)22(31)27-23-26-18(15-32-23)9-10-21(30)29-13-11-28(12-14-29)20-4-2-1-3-19(20)25/h1-8,15H,9-14H2,(H,26,27,31). The predicted molar refractivity (Wildman–Crippen MR) is 120 cm³/mol. The Morgan fingerprint density at radius 2 is 1.72 bits per heavy atom. The number of rotatable bonds is 6. The van der Waals surface area contributed by atoms with Gasteiger partial charge in [-0.05, 0) is 42.8 Å². The van der Waals surface area contributed by atoms with Crippen LogP contribution in [0.1, 0.15) is 22.5 Å². The van der Waals surface area contributed by atoms with E-state index in [4.69, 9.17) is 0 Å². The molecule has 0 spiro atoms. The molecular weight excluding hydrogens is 434 g/mol. The van der Waals surface area contributed by atoms with E-state index >= 15 is 0 Å². The van der Waals surface area contributed by atoms with Crippen molar-refractivity contribution in [3.05, 3.63) is 76.8 Å². The van der Waals surface area contributed by atoms with Crippen molar-refractivity contribution in [2.45, 2.75) is 12.8 Å². The fraction of sp³-hybridized carbons (Fsp3) is 0.261. The summed E-state index contributed by atoms with van der Waals surface area (Å²) < 4.78 is 26.9. The Hall–Kier alpha value is -3.33. The Labute approximate surface area is 188 Å². The summed E-state index contributed by atoms with van der Waals surface area (Å²) >= 11 is 1.28. The zero-order chi connectivity index (χ0) is 22.5. The van der Waals surface area contributed by atoms with Crippen LogP contribution in [0.2, 0.25) is 0 Å². The van der Waals surface area contributed by atoms with E-state index in [2.05, 4.69) is 10.3 Å². The number of nitrogens with one attached hydrogen (secondary N) is 1. The molecular formula is C23H22F2N4O2S. The number of aromatic nitrogens is 1. The molecule has 2 aromatic carbocycles. The van der Waals surface area contributed by atoms with Gasteiger partial charge in [0, 0.05) is 43.5 Å². The van der Waals surface area contributed by atoms with E-state index in [1.807, 2.05) is 10.3 Å². The topological polar surface area (TPSA) is 65.5 Å². The van der Waals surface area contributed by atoms with Crippen molar-refractivity contribution >= 4 is 34.0 Å². The van der Waals surface area contributed by atoms with Crippen LogP contribution in [0.15, 0.2) is 53.9 Å². The quantitative estimate of drug-likeness (QED) is 0.610. The molecule has 1 fully saturated rings. The van der Waals surface area contributed by atoms with Crippen LogP contribution in [0.25, 0.3) is 0 Å². The molecule has 0 radical (unpaired) electrons. The number of para-hydroxylation sites is 1. The van der Waals surface area contributed by atoms with Gasteiger partial charge in [-0.3, -0.25) is 14.9 Å². The Bertz CT molecular complexity index is 1100. The minimum atomic E-state index is -0.406. The number of carbonyl (C=O) groups is 2. The minimum Gasteiger partial charge on any atom is -0.366 e. The first kappa shape index (κ1) is 21.9. The first-order chi connectivity index (χ1) is 15.5. The monoisotopic (exact) mass is 456 g/mol. The van der Waals surface area contributed by atoms with Gasteiger partial charge >= 0.3 is 0 Å². The second-order valence-corrected chi connectivity index (χ2v) is 8.28. The number of benzene rings is 2. The van der Waals surface area contributed by atoms with Gasteiger partial charge < -0.3 is 9.80 Å². The highest BCUT2D eigenvalue weighted by Gasteiger charge is 2.22. The number of amides is 2. The number of hydrogen-bond acceptors (Lipinski definition) is 5. The molecule has 9 heteroatoms. The van der Waals surface area contributed by atoms with Crippen molar-refractivity contribution in [3.8, 4) is 0 Å². The molecule has 2 amide bonds. The molecule has 0 unspecified atom stereocenters. The van der Waals surface area contributed by atoms with Crippen LogP contribution in [0.4, 0.5) is 19.6 Å². The van der Waals surface area contributed by atoms with Gasteiger partial charge in [-0.1, -0.05) is 12.1 Å². The average Bonchev–Trinajstić information content (AvgIpc) is 3.25. The van der Waals surface area contributed by atoms with Crippen molar-refractivity contribution in [2.75, 3.05) is 36.4 Å². The van der Waals surface area contributed by atoms with Crippen LogP contribution in [0.3, 0.4) is 0 Å². The molecule has 3 aromatic rings. The normalized spacial score (nSPS) is 13.8. The van der Waals surface area contributed by atoms with Crippen LogP contribution in [0, 0.1) is 11.6 Å². The van der Waals surface area contributed by atoms with Gasteiger partial charge in [0.2, 0.25) is 5.91 Å². The number of piperazine rings is 1. The van der Waals surface area contributed by atoms with E-state index in [1.165, 1.54) is 41.7 Å². The first-order valence-electron chi connectivity index (χ1n) is 10.3. The molecule has 4 rings (SSSR count). The van der Waals surface area contributed by atoms with E-state index < -0.39 is 5.82 Å². The molecule has 2 heterocycles. The number of hydrogen-bond donors (Lipinski definition) is 1. The third-order valence-electron chi connectivity index (χ3n) is 5.30. The molecule has 1 saturated heterocycles. The van der Waals surface area contributed by atoms with E-state index in [0.717, 1.165) is 5.69 Å². The van der Waals surface area contributed by atoms with Gasteiger partial charge in [0.15, 0.2) is 5.13 Å². The third kappa shape index (κ3) is 5.28. The summed E-state index contributed by atoms with van der Waals surface area (Å²) in [6.45, 7) is 2.26. The highest BCUT2D eigenvalue weighted by molar-refractivity contribution is 7.14.